The van der Waals surface area contributed by atoms with Gasteiger partial charge in [-0.05, 0) is 19.1 Å². The van der Waals surface area contributed by atoms with E-state index in [9.17, 15) is 4.79 Å². The maximum Gasteiger partial charge on any atom is 0.253 e. The molecule has 0 atom stereocenters. The van der Waals surface area contributed by atoms with E-state index in [0.29, 0.717) is 18.3 Å². The smallest absolute Gasteiger partial charge is 0.253 e. The third-order valence-corrected chi connectivity index (χ3v) is 3.85. The summed E-state index contributed by atoms with van der Waals surface area (Å²) < 4.78 is 5.40. The van der Waals surface area contributed by atoms with Gasteiger partial charge in [0.25, 0.3) is 5.91 Å². The second-order valence-electron chi connectivity index (χ2n) is 5.65. The Balaban J connectivity index is 1.56. The van der Waals surface area contributed by atoms with E-state index in [2.05, 4.69) is 15.1 Å². The number of carbonyl (C=O) groups excluding carboxylic acids is 1. The van der Waals surface area contributed by atoms with E-state index in [1.165, 1.54) is 0 Å². The summed E-state index contributed by atoms with van der Waals surface area (Å²) in [5.74, 6) is 1.33. The van der Waals surface area contributed by atoms with E-state index >= 15 is 0 Å². The van der Waals surface area contributed by atoms with E-state index in [0.717, 1.165) is 37.3 Å². The number of aromatic nitrogens is 2. The molecule has 0 spiro atoms. The lowest BCUT2D eigenvalue weighted by Crippen LogP contribution is -2.48. The molecule has 2 aromatic rings. The normalized spacial score (nSPS) is 16.0. The average molecular weight is 300 g/mol. The molecule has 1 aliphatic rings. The third-order valence-electron chi connectivity index (χ3n) is 3.85. The molecule has 116 valence electrons. The van der Waals surface area contributed by atoms with Crippen LogP contribution in [0.5, 0.6) is 0 Å². The molecular weight excluding hydrogens is 280 g/mol. The number of rotatable bonds is 3. The van der Waals surface area contributed by atoms with Crippen molar-refractivity contribution in [2.45, 2.75) is 20.4 Å². The van der Waals surface area contributed by atoms with Crippen LogP contribution in [-0.4, -0.2) is 52.1 Å². The maximum atomic E-state index is 12.5. The molecule has 1 saturated heterocycles. The Bertz CT molecular complexity index is 660. The van der Waals surface area contributed by atoms with Gasteiger partial charge in [-0.3, -0.25) is 9.69 Å². The van der Waals surface area contributed by atoms with Gasteiger partial charge >= 0.3 is 0 Å². The van der Waals surface area contributed by atoms with Gasteiger partial charge in [0.2, 0.25) is 11.8 Å². The third kappa shape index (κ3) is 3.33. The number of hydrogen-bond donors (Lipinski definition) is 0. The molecular formula is C16H20N4O2. The predicted molar refractivity (Wildman–Crippen MR) is 81.4 cm³/mol. The molecule has 1 aromatic carbocycles. The number of carbonyl (C=O) groups is 1. The van der Waals surface area contributed by atoms with Crippen LogP contribution in [0.1, 0.15) is 27.7 Å². The lowest BCUT2D eigenvalue weighted by molar-refractivity contribution is 0.0617. The SMILES string of the molecule is Cc1cccc(C(=O)N2CCN(Cc3nnc(C)o3)CC2)c1. The largest absolute Gasteiger partial charge is 0.424 e. The van der Waals surface area contributed by atoms with Crippen LogP contribution < -0.4 is 0 Å². The highest BCUT2D eigenvalue weighted by molar-refractivity contribution is 5.94. The molecule has 22 heavy (non-hydrogen) atoms. The van der Waals surface area contributed by atoms with E-state index in [1.54, 1.807) is 6.92 Å². The van der Waals surface area contributed by atoms with Gasteiger partial charge in [-0.25, -0.2) is 0 Å². The summed E-state index contributed by atoms with van der Waals surface area (Å²) in [7, 11) is 0. The lowest BCUT2D eigenvalue weighted by Gasteiger charge is -2.34. The van der Waals surface area contributed by atoms with Crippen LogP contribution >= 0.6 is 0 Å². The summed E-state index contributed by atoms with van der Waals surface area (Å²) in [6.07, 6.45) is 0. The van der Waals surface area contributed by atoms with Crippen molar-refractivity contribution in [1.29, 1.82) is 0 Å². The summed E-state index contributed by atoms with van der Waals surface area (Å²) in [4.78, 5) is 16.6. The van der Waals surface area contributed by atoms with Crippen LogP contribution in [0.2, 0.25) is 0 Å². The summed E-state index contributed by atoms with van der Waals surface area (Å²) in [5.41, 5.74) is 1.87. The quantitative estimate of drug-likeness (QED) is 0.862. The predicted octanol–water partition coefficient (Wildman–Crippen LogP) is 1.64. The maximum absolute atomic E-state index is 12.5. The van der Waals surface area contributed by atoms with Crippen molar-refractivity contribution in [2.24, 2.45) is 0 Å². The van der Waals surface area contributed by atoms with Crippen LogP contribution in [0.15, 0.2) is 28.7 Å². The van der Waals surface area contributed by atoms with Gasteiger partial charge in [0.15, 0.2) is 0 Å². The fourth-order valence-electron chi connectivity index (χ4n) is 2.66. The molecule has 0 aliphatic carbocycles. The molecule has 6 nitrogen and oxygen atoms in total. The molecule has 3 rings (SSSR count). The van der Waals surface area contributed by atoms with Crippen LogP contribution in [-0.2, 0) is 6.54 Å². The van der Waals surface area contributed by atoms with Crippen LogP contribution in [0.25, 0.3) is 0 Å². The second-order valence-corrected chi connectivity index (χ2v) is 5.65. The molecule has 6 heteroatoms. The zero-order chi connectivity index (χ0) is 15.5. The summed E-state index contributed by atoms with van der Waals surface area (Å²) in [5, 5.41) is 7.85. The first-order chi connectivity index (χ1) is 10.6. The monoisotopic (exact) mass is 300 g/mol. The number of nitrogens with zero attached hydrogens (tertiary/aromatic N) is 4. The van der Waals surface area contributed by atoms with Gasteiger partial charge in [0.05, 0.1) is 6.54 Å². The van der Waals surface area contributed by atoms with E-state index in [4.69, 9.17) is 4.42 Å². The molecule has 0 bridgehead atoms. The van der Waals surface area contributed by atoms with Crippen molar-refractivity contribution in [3.8, 4) is 0 Å². The number of aryl methyl sites for hydroxylation is 2. The fraction of sp³-hybridized carbons (Fsp3) is 0.438. The summed E-state index contributed by atoms with van der Waals surface area (Å²) in [6, 6.07) is 7.75. The van der Waals surface area contributed by atoms with Gasteiger partial charge in [0.1, 0.15) is 0 Å². The topological polar surface area (TPSA) is 62.5 Å². The molecule has 0 N–H and O–H groups in total. The van der Waals surface area contributed by atoms with Crippen molar-refractivity contribution in [1.82, 2.24) is 20.0 Å². The van der Waals surface area contributed by atoms with Crippen molar-refractivity contribution >= 4 is 5.91 Å². The van der Waals surface area contributed by atoms with E-state index in [-0.39, 0.29) is 5.91 Å². The minimum absolute atomic E-state index is 0.108. The Morgan fingerprint density at radius 3 is 2.59 bits per heavy atom. The summed E-state index contributed by atoms with van der Waals surface area (Å²) >= 11 is 0. The number of hydrogen-bond acceptors (Lipinski definition) is 5. The van der Waals surface area contributed by atoms with Gasteiger partial charge in [-0.15, -0.1) is 10.2 Å². The van der Waals surface area contributed by atoms with Gasteiger partial charge in [-0.1, -0.05) is 17.7 Å². The molecule has 1 aliphatic heterocycles. The van der Waals surface area contributed by atoms with E-state index in [1.807, 2.05) is 36.1 Å². The van der Waals surface area contributed by atoms with Crippen molar-refractivity contribution in [3.63, 3.8) is 0 Å². The van der Waals surface area contributed by atoms with Gasteiger partial charge in [-0.2, -0.15) is 0 Å². The van der Waals surface area contributed by atoms with Gasteiger partial charge < -0.3 is 9.32 Å². The van der Waals surface area contributed by atoms with Crippen molar-refractivity contribution in [2.75, 3.05) is 26.2 Å². The molecule has 1 aromatic heterocycles. The minimum Gasteiger partial charge on any atom is -0.424 e. The Labute approximate surface area is 129 Å². The molecule has 0 unspecified atom stereocenters. The van der Waals surface area contributed by atoms with Crippen molar-refractivity contribution < 1.29 is 9.21 Å². The number of amides is 1. The van der Waals surface area contributed by atoms with Crippen molar-refractivity contribution in [3.05, 3.63) is 47.2 Å². The highest BCUT2D eigenvalue weighted by Gasteiger charge is 2.23. The van der Waals surface area contributed by atoms with Gasteiger partial charge in [0, 0.05) is 38.7 Å². The number of benzene rings is 1. The molecule has 1 amide bonds. The highest BCUT2D eigenvalue weighted by Crippen LogP contribution is 2.12. The Morgan fingerprint density at radius 1 is 1.18 bits per heavy atom. The molecule has 1 fully saturated rings. The first kappa shape index (κ1) is 14.7. The molecule has 0 saturated carbocycles. The van der Waals surface area contributed by atoms with E-state index < -0.39 is 0 Å². The zero-order valence-electron chi connectivity index (χ0n) is 13.0. The molecule has 0 radical (unpaired) electrons. The average Bonchev–Trinajstić information content (AvgIpc) is 2.92. The lowest BCUT2D eigenvalue weighted by atomic mass is 10.1. The Morgan fingerprint density at radius 2 is 1.95 bits per heavy atom. The van der Waals surface area contributed by atoms with Crippen LogP contribution in [0.3, 0.4) is 0 Å². The minimum atomic E-state index is 0.108. The first-order valence-corrected chi connectivity index (χ1v) is 7.49. The highest BCUT2D eigenvalue weighted by atomic mass is 16.4. The number of piperazine rings is 1. The second kappa shape index (κ2) is 6.27. The zero-order valence-corrected chi connectivity index (χ0v) is 13.0. The molecule has 2 heterocycles. The fourth-order valence-corrected chi connectivity index (χ4v) is 2.66. The van der Waals surface area contributed by atoms with Crippen LogP contribution in [0, 0.1) is 13.8 Å². The summed E-state index contributed by atoms with van der Waals surface area (Å²) in [6.45, 7) is 7.52. The van der Waals surface area contributed by atoms with Crippen LogP contribution in [0.4, 0.5) is 0 Å². The first-order valence-electron chi connectivity index (χ1n) is 7.49. The Kier molecular flexibility index (Phi) is 4.20. The standard InChI is InChI=1S/C16H20N4O2/c1-12-4-3-5-14(10-12)16(21)20-8-6-19(7-9-20)11-15-18-17-13(2)22-15/h3-5,10H,6-9,11H2,1-2H3. The Hall–Kier alpha value is -2.21.